The monoisotopic (exact) mass is 233 g/mol. The molecule has 17 heavy (non-hydrogen) atoms. The summed E-state index contributed by atoms with van der Waals surface area (Å²) >= 11 is 0. The van der Waals surface area contributed by atoms with E-state index in [1.54, 1.807) is 0 Å². The van der Waals surface area contributed by atoms with Crippen LogP contribution in [0.5, 0.6) is 0 Å². The molecule has 2 unspecified atom stereocenters. The zero-order valence-electron chi connectivity index (χ0n) is 10.4. The first-order valence-corrected chi connectivity index (χ1v) is 6.72. The molecule has 3 N–H and O–H groups in total. The average molecular weight is 233 g/mol. The van der Waals surface area contributed by atoms with E-state index >= 15 is 0 Å². The first-order valence-electron chi connectivity index (χ1n) is 6.72. The first-order chi connectivity index (χ1) is 8.40. The van der Waals surface area contributed by atoms with Crippen LogP contribution in [0.4, 0.5) is 0 Å². The highest BCUT2D eigenvalue weighted by atomic mass is 14.9. The second-order valence-corrected chi connectivity index (χ2v) is 4.95. The molecular formula is C14H23N3. The van der Waals surface area contributed by atoms with Crippen LogP contribution in [0.2, 0.25) is 0 Å². The minimum absolute atomic E-state index is 0.635. The molecule has 3 nitrogen and oxygen atoms in total. The molecule has 0 saturated heterocycles. The Hall–Kier alpha value is -0.930. The van der Waals surface area contributed by atoms with Crippen molar-refractivity contribution >= 4 is 0 Å². The van der Waals surface area contributed by atoms with Gasteiger partial charge in [-0.25, -0.2) is 0 Å². The predicted octanol–water partition coefficient (Wildman–Crippen LogP) is 1.73. The van der Waals surface area contributed by atoms with Crippen LogP contribution in [0.1, 0.15) is 31.2 Å². The van der Waals surface area contributed by atoms with Gasteiger partial charge in [0.2, 0.25) is 0 Å². The van der Waals surface area contributed by atoms with E-state index in [0.717, 1.165) is 19.5 Å². The summed E-state index contributed by atoms with van der Waals surface area (Å²) in [5.41, 5.74) is 7.18. The molecule has 1 saturated carbocycles. The van der Waals surface area contributed by atoms with Gasteiger partial charge in [0.05, 0.1) is 0 Å². The number of nitrogens with two attached hydrogens (primary N) is 1. The Morgan fingerprint density at radius 2 is 2.00 bits per heavy atom. The normalized spacial score (nSPS) is 24.8. The van der Waals surface area contributed by atoms with Crippen molar-refractivity contribution in [3.8, 4) is 0 Å². The lowest BCUT2D eigenvalue weighted by Crippen LogP contribution is -2.42. The van der Waals surface area contributed by atoms with Gasteiger partial charge in [0.15, 0.2) is 0 Å². The highest BCUT2D eigenvalue weighted by Gasteiger charge is 2.22. The summed E-state index contributed by atoms with van der Waals surface area (Å²) in [7, 11) is 0. The second-order valence-electron chi connectivity index (χ2n) is 4.95. The van der Waals surface area contributed by atoms with Crippen LogP contribution in [-0.2, 0) is 6.42 Å². The van der Waals surface area contributed by atoms with E-state index in [-0.39, 0.29) is 0 Å². The fourth-order valence-electron chi connectivity index (χ4n) is 2.71. The van der Waals surface area contributed by atoms with Gasteiger partial charge < -0.3 is 11.1 Å². The van der Waals surface area contributed by atoms with Crippen LogP contribution in [0.25, 0.3) is 0 Å². The van der Waals surface area contributed by atoms with Crippen molar-refractivity contribution < 1.29 is 0 Å². The Morgan fingerprint density at radius 3 is 2.76 bits per heavy atom. The molecule has 0 spiro atoms. The summed E-state index contributed by atoms with van der Waals surface area (Å²) in [5.74, 6) is 0.682. The van der Waals surface area contributed by atoms with E-state index < -0.39 is 0 Å². The third kappa shape index (κ3) is 3.79. The van der Waals surface area contributed by atoms with E-state index in [1.165, 1.54) is 31.2 Å². The van der Waals surface area contributed by atoms with Gasteiger partial charge in [-0.05, 0) is 56.0 Å². The standard InChI is InChI=1S/C14H23N3/c15-11-13-3-1-2-4-14(13)17-10-7-12-5-8-16-9-6-12/h5-6,8-9,13-14,17H,1-4,7,10-11,15H2. The average Bonchev–Trinajstić information content (AvgIpc) is 2.40. The Morgan fingerprint density at radius 1 is 1.24 bits per heavy atom. The summed E-state index contributed by atoms with van der Waals surface area (Å²) < 4.78 is 0. The zero-order chi connectivity index (χ0) is 11.9. The van der Waals surface area contributed by atoms with Gasteiger partial charge in [0.25, 0.3) is 0 Å². The number of aromatic nitrogens is 1. The molecular weight excluding hydrogens is 210 g/mol. The van der Waals surface area contributed by atoms with E-state index in [2.05, 4.69) is 22.4 Å². The molecule has 1 aromatic rings. The van der Waals surface area contributed by atoms with Crippen molar-refractivity contribution in [1.29, 1.82) is 0 Å². The van der Waals surface area contributed by atoms with Crippen molar-refractivity contribution in [3.05, 3.63) is 30.1 Å². The van der Waals surface area contributed by atoms with Gasteiger partial charge in [0.1, 0.15) is 0 Å². The predicted molar refractivity (Wildman–Crippen MR) is 70.7 cm³/mol. The largest absolute Gasteiger partial charge is 0.330 e. The Balaban J connectivity index is 1.74. The van der Waals surface area contributed by atoms with Gasteiger partial charge in [-0.1, -0.05) is 12.8 Å². The maximum atomic E-state index is 5.83. The topological polar surface area (TPSA) is 50.9 Å². The van der Waals surface area contributed by atoms with E-state index in [4.69, 9.17) is 5.73 Å². The maximum absolute atomic E-state index is 5.83. The Kier molecular flexibility index (Phi) is 4.95. The summed E-state index contributed by atoms with van der Waals surface area (Å²) in [6.07, 6.45) is 10.1. The lowest BCUT2D eigenvalue weighted by atomic mass is 9.84. The van der Waals surface area contributed by atoms with E-state index in [0.29, 0.717) is 12.0 Å². The van der Waals surface area contributed by atoms with Crippen LogP contribution in [0.15, 0.2) is 24.5 Å². The maximum Gasteiger partial charge on any atom is 0.0270 e. The molecule has 0 amide bonds. The van der Waals surface area contributed by atoms with Crippen molar-refractivity contribution in [2.75, 3.05) is 13.1 Å². The number of pyridine rings is 1. The summed E-state index contributed by atoms with van der Waals surface area (Å²) in [4.78, 5) is 4.03. The summed E-state index contributed by atoms with van der Waals surface area (Å²) in [6.45, 7) is 1.87. The molecule has 94 valence electrons. The van der Waals surface area contributed by atoms with Crippen LogP contribution in [0.3, 0.4) is 0 Å². The third-order valence-corrected chi connectivity index (χ3v) is 3.78. The minimum atomic E-state index is 0.635. The highest BCUT2D eigenvalue weighted by Crippen LogP contribution is 2.23. The second kappa shape index (κ2) is 6.72. The smallest absolute Gasteiger partial charge is 0.0270 e. The molecule has 2 rings (SSSR count). The van der Waals surface area contributed by atoms with Gasteiger partial charge >= 0.3 is 0 Å². The van der Waals surface area contributed by atoms with Gasteiger partial charge in [-0.3, -0.25) is 4.98 Å². The molecule has 3 heteroatoms. The minimum Gasteiger partial charge on any atom is -0.330 e. The lowest BCUT2D eigenvalue weighted by molar-refractivity contribution is 0.269. The van der Waals surface area contributed by atoms with Crippen LogP contribution in [0, 0.1) is 5.92 Å². The quantitative estimate of drug-likeness (QED) is 0.814. The molecule has 1 fully saturated rings. The van der Waals surface area contributed by atoms with Crippen LogP contribution < -0.4 is 11.1 Å². The molecule has 0 bridgehead atoms. The third-order valence-electron chi connectivity index (χ3n) is 3.78. The summed E-state index contributed by atoms with van der Waals surface area (Å²) in [5, 5.41) is 3.67. The molecule has 1 heterocycles. The zero-order valence-corrected chi connectivity index (χ0v) is 10.4. The molecule has 0 aromatic carbocycles. The fourth-order valence-corrected chi connectivity index (χ4v) is 2.71. The van der Waals surface area contributed by atoms with Crippen molar-refractivity contribution in [1.82, 2.24) is 10.3 Å². The molecule has 2 atom stereocenters. The van der Waals surface area contributed by atoms with Gasteiger partial charge in [-0.2, -0.15) is 0 Å². The van der Waals surface area contributed by atoms with E-state index in [9.17, 15) is 0 Å². The number of rotatable bonds is 5. The SMILES string of the molecule is NCC1CCCCC1NCCc1ccncc1. The molecule has 0 radical (unpaired) electrons. The van der Waals surface area contributed by atoms with Gasteiger partial charge in [-0.15, -0.1) is 0 Å². The van der Waals surface area contributed by atoms with E-state index in [1.807, 2.05) is 12.4 Å². The van der Waals surface area contributed by atoms with Crippen molar-refractivity contribution in [2.24, 2.45) is 11.7 Å². The number of nitrogens with one attached hydrogen (secondary N) is 1. The summed E-state index contributed by atoms with van der Waals surface area (Å²) in [6, 6.07) is 4.81. The lowest BCUT2D eigenvalue weighted by Gasteiger charge is -2.31. The first kappa shape index (κ1) is 12.5. The molecule has 0 aliphatic heterocycles. The highest BCUT2D eigenvalue weighted by molar-refractivity contribution is 5.09. The van der Waals surface area contributed by atoms with Crippen LogP contribution >= 0.6 is 0 Å². The number of hydrogen-bond acceptors (Lipinski definition) is 3. The Labute approximate surface area is 104 Å². The Bertz CT molecular complexity index is 313. The fraction of sp³-hybridized carbons (Fsp3) is 0.643. The van der Waals surface area contributed by atoms with Crippen molar-refractivity contribution in [3.63, 3.8) is 0 Å². The number of hydrogen-bond donors (Lipinski definition) is 2. The number of nitrogens with zero attached hydrogens (tertiary/aromatic N) is 1. The molecule has 1 aromatic heterocycles. The molecule has 1 aliphatic carbocycles. The van der Waals surface area contributed by atoms with Gasteiger partial charge in [0, 0.05) is 18.4 Å². The molecule has 1 aliphatic rings. The van der Waals surface area contributed by atoms with Crippen LogP contribution in [-0.4, -0.2) is 24.1 Å². The van der Waals surface area contributed by atoms with Crippen molar-refractivity contribution in [2.45, 2.75) is 38.1 Å².